The Hall–Kier alpha value is -1.55. The van der Waals surface area contributed by atoms with Gasteiger partial charge in [-0.05, 0) is 64.0 Å². The highest BCUT2D eigenvalue weighted by Gasteiger charge is 2.27. The highest BCUT2D eigenvalue weighted by Crippen LogP contribution is 2.34. The second-order valence-electron chi connectivity index (χ2n) is 5.63. The van der Waals surface area contributed by atoms with Crippen molar-refractivity contribution in [2.45, 2.75) is 25.8 Å². The number of carbonyl (C=O) groups excluding carboxylic acids is 1. The number of likely N-dealkylation sites (N-methyl/N-ethyl adjacent to an activating group) is 1. The topological polar surface area (TPSA) is 44.4 Å². The summed E-state index contributed by atoms with van der Waals surface area (Å²) in [5.74, 6) is 0.844. The van der Waals surface area contributed by atoms with E-state index in [0.29, 0.717) is 12.6 Å². The van der Waals surface area contributed by atoms with Crippen LogP contribution in [0.1, 0.15) is 19.8 Å². The minimum atomic E-state index is 0.0112. The SMILES string of the molecule is CC(Nc1ccc(NC(=O)CN(C)C)cc1)C1CC1. The Morgan fingerprint density at radius 3 is 2.37 bits per heavy atom. The molecule has 19 heavy (non-hydrogen) atoms. The zero-order valence-corrected chi connectivity index (χ0v) is 11.9. The minimum absolute atomic E-state index is 0.0112. The molecular formula is C15H23N3O. The van der Waals surface area contributed by atoms with Crippen LogP contribution >= 0.6 is 0 Å². The Morgan fingerprint density at radius 1 is 1.26 bits per heavy atom. The van der Waals surface area contributed by atoms with Crippen LogP contribution in [-0.4, -0.2) is 37.5 Å². The van der Waals surface area contributed by atoms with Crippen molar-refractivity contribution in [1.29, 1.82) is 0 Å². The van der Waals surface area contributed by atoms with E-state index < -0.39 is 0 Å². The molecule has 1 unspecified atom stereocenters. The third-order valence-electron chi connectivity index (χ3n) is 3.35. The second-order valence-corrected chi connectivity index (χ2v) is 5.63. The molecule has 0 aliphatic heterocycles. The lowest BCUT2D eigenvalue weighted by molar-refractivity contribution is -0.116. The van der Waals surface area contributed by atoms with E-state index in [9.17, 15) is 4.79 Å². The maximum absolute atomic E-state index is 11.6. The first-order valence-corrected chi connectivity index (χ1v) is 6.86. The maximum atomic E-state index is 11.6. The van der Waals surface area contributed by atoms with E-state index in [0.717, 1.165) is 17.3 Å². The molecule has 0 bridgehead atoms. The number of carbonyl (C=O) groups is 1. The Balaban J connectivity index is 1.85. The molecular weight excluding hydrogens is 238 g/mol. The van der Waals surface area contributed by atoms with Crippen molar-refractivity contribution >= 4 is 17.3 Å². The van der Waals surface area contributed by atoms with Gasteiger partial charge in [0, 0.05) is 17.4 Å². The average Bonchev–Trinajstić information content (AvgIpc) is 3.14. The summed E-state index contributed by atoms with van der Waals surface area (Å²) in [5, 5.41) is 6.38. The molecule has 0 spiro atoms. The van der Waals surface area contributed by atoms with Gasteiger partial charge < -0.3 is 15.5 Å². The van der Waals surface area contributed by atoms with E-state index in [2.05, 4.69) is 17.6 Å². The molecule has 0 radical (unpaired) electrons. The summed E-state index contributed by atoms with van der Waals surface area (Å²) in [5.41, 5.74) is 1.96. The molecule has 0 aromatic heterocycles. The summed E-state index contributed by atoms with van der Waals surface area (Å²) < 4.78 is 0. The van der Waals surface area contributed by atoms with E-state index in [1.165, 1.54) is 12.8 Å². The predicted molar refractivity (Wildman–Crippen MR) is 79.4 cm³/mol. The first-order valence-electron chi connectivity index (χ1n) is 6.86. The van der Waals surface area contributed by atoms with E-state index in [1.54, 1.807) is 0 Å². The van der Waals surface area contributed by atoms with Gasteiger partial charge in [-0.15, -0.1) is 0 Å². The summed E-state index contributed by atoms with van der Waals surface area (Å²) in [6, 6.07) is 8.45. The number of benzene rings is 1. The quantitative estimate of drug-likeness (QED) is 0.826. The summed E-state index contributed by atoms with van der Waals surface area (Å²) in [6.07, 6.45) is 2.68. The van der Waals surface area contributed by atoms with Gasteiger partial charge >= 0.3 is 0 Å². The van der Waals surface area contributed by atoms with Gasteiger partial charge in [0.1, 0.15) is 0 Å². The molecule has 1 aromatic rings. The molecule has 1 amide bonds. The zero-order chi connectivity index (χ0) is 13.8. The Labute approximate surface area is 115 Å². The van der Waals surface area contributed by atoms with Crippen LogP contribution in [0.25, 0.3) is 0 Å². The van der Waals surface area contributed by atoms with E-state index in [4.69, 9.17) is 0 Å². The number of nitrogens with zero attached hydrogens (tertiary/aromatic N) is 1. The highest BCUT2D eigenvalue weighted by atomic mass is 16.2. The molecule has 4 heteroatoms. The standard InChI is InChI=1S/C15H23N3O/c1-11(12-4-5-12)16-13-6-8-14(9-7-13)17-15(19)10-18(2)3/h6-9,11-12,16H,4-5,10H2,1-3H3,(H,17,19). The number of hydrogen-bond donors (Lipinski definition) is 2. The molecule has 2 N–H and O–H groups in total. The number of rotatable bonds is 6. The van der Waals surface area contributed by atoms with Crippen LogP contribution in [0.2, 0.25) is 0 Å². The first-order chi connectivity index (χ1) is 9.04. The van der Waals surface area contributed by atoms with Gasteiger partial charge in [0.2, 0.25) is 5.91 Å². The van der Waals surface area contributed by atoms with Gasteiger partial charge in [0.25, 0.3) is 0 Å². The van der Waals surface area contributed by atoms with Gasteiger partial charge in [-0.1, -0.05) is 0 Å². The summed E-state index contributed by atoms with van der Waals surface area (Å²) in [7, 11) is 3.76. The zero-order valence-electron chi connectivity index (χ0n) is 11.9. The third kappa shape index (κ3) is 4.56. The van der Waals surface area contributed by atoms with Gasteiger partial charge in [0.15, 0.2) is 0 Å². The average molecular weight is 261 g/mol. The minimum Gasteiger partial charge on any atom is -0.382 e. The van der Waals surface area contributed by atoms with Gasteiger partial charge in [-0.25, -0.2) is 0 Å². The largest absolute Gasteiger partial charge is 0.382 e. The van der Waals surface area contributed by atoms with Crippen molar-refractivity contribution in [2.24, 2.45) is 5.92 Å². The van der Waals surface area contributed by atoms with E-state index in [-0.39, 0.29) is 5.91 Å². The van der Waals surface area contributed by atoms with E-state index in [1.807, 2.05) is 43.3 Å². The predicted octanol–water partition coefficient (Wildman–Crippen LogP) is 2.40. The van der Waals surface area contributed by atoms with Gasteiger partial charge in [-0.2, -0.15) is 0 Å². The maximum Gasteiger partial charge on any atom is 0.238 e. The van der Waals surface area contributed by atoms with Crippen molar-refractivity contribution in [2.75, 3.05) is 31.3 Å². The smallest absolute Gasteiger partial charge is 0.238 e. The number of hydrogen-bond acceptors (Lipinski definition) is 3. The molecule has 2 rings (SSSR count). The normalized spacial score (nSPS) is 16.2. The lowest BCUT2D eigenvalue weighted by Gasteiger charge is -2.15. The van der Waals surface area contributed by atoms with Crippen molar-refractivity contribution in [3.63, 3.8) is 0 Å². The number of anilines is 2. The van der Waals surface area contributed by atoms with Crippen LogP contribution in [0.5, 0.6) is 0 Å². The van der Waals surface area contributed by atoms with Crippen LogP contribution in [0, 0.1) is 5.92 Å². The Kier molecular flexibility index (Phi) is 4.43. The molecule has 1 aliphatic rings. The van der Waals surface area contributed by atoms with Crippen LogP contribution in [0.15, 0.2) is 24.3 Å². The molecule has 104 valence electrons. The fourth-order valence-corrected chi connectivity index (χ4v) is 2.11. The lowest BCUT2D eigenvalue weighted by Crippen LogP contribution is -2.27. The molecule has 1 aromatic carbocycles. The molecule has 0 saturated heterocycles. The van der Waals surface area contributed by atoms with Gasteiger partial charge in [-0.3, -0.25) is 4.79 Å². The van der Waals surface area contributed by atoms with Crippen molar-refractivity contribution in [1.82, 2.24) is 4.90 Å². The molecule has 1 saturated carbocycles. The molecule has 1 fully saturated rings. The fraction of sp³-hybridized carbons (Fsp3) is 0.533. The monoisotopic (exact) mass is 261 g/mol. The van der Waals surface area contributed by atoms with Crippen molar-refractivity contribution in [3.05, 3.63) is 24.3 Å². The van der Waals surface area contributed by atoms with Crippen LogP contribution < -0.4 is 10.6 Å². The molecule has 0 heterocycles. The first kappa shape index (κ1) is 13.9. The molecule has 1 aliphatic carbocycles. The number of nitrogens with one attached hydrogen (secondary N) is 2. The number of amides is 1. The molecule has 4 nitrogen and oxygen atoms in total. The second kappa shape index (κ2) is 6.06. The lowest BCUT2D eigenvalue weighted by atomic mass is 10.2. The molecule has 1 atom stereocenters. The Bertz CT molecular complexity index is 424. The van der Waals surface area contributed by atoms with Crippen LogP contribution in [-0.2, 0) is 4.79 Å². The Morgan fingerprint density at radius 2 is 1.84 bits per heavy atom. The van der Waals surface area contributed by atoms with Crippen molar-refractivity contribution < 1.29 is 4.79 Å². The summed E-state index contributed by atoms with van der Waals surface area (Å²) in [6.45, 7) is 2.63. The highest BCUT2D eigenvalue weighted by molar-refractivity contribution is 5.92. The van der Waals surface area contributed by atoms with Crippen molar-refractivity contribution in [3.8, 4) is 0 Å². The summed E-state index contributed by atoms with van der Waals surface area (Å²) in [4.78, 5) is 13.5. The van der Waals surface area contributed by atoms with Gasteiger partial charge in [0.05, 0.1) is 6.54 Å². The van der Waals surface area contributed by atoms with Crippen LogP contribution in [0.4, 0.5) is 11.4 Å². The fourth-order valence-electron chi connectivity index (χ4n) is 2.11. The third-order valence-corrected chi connectivity index (χ3v) is 3.35. The van der Waals surface area contributed by atoms with E-state index >= 15 is 0 Å². The van der Waals surface area contributed by atoms with Crippen LogP contribution in [0.3, 0.4) is 0 Å². The summed E-state index contributed by atoms with van der Waals surface area (Å²) >= 11 is 0.